The van der Waals surface area contributed by atoms with E-state index >= 15 is 0 Å². The van der Waals surface area contributed by atoms with Gasteiger partial charge in [-0.1, -0.05) is 45.9 Å². The lowest BCUT2D eigenvalue weighted by molar-refractivity contribution is 1.21. The topological polar surface area (TPSA) is 0 Å². The van der Waals surface area contributed by atoms with Gasteiger partial charge < -0.3 is 0 Å². The Morgan fingerprint density at radius 1 is 0.824 bits per heavy atom. The Labute approximate surface area is 109 Å². The highest BCUT2D eigenvalue weighted by Gasteiger charge is 2.07. The summed E-state index contributed by atoms with van der Waals surface area (Å²) in [5.74, 6) is 0. The van der Waals surface area contributed by atoms with Crippen molar-refractivity contribution in [2.24, 2.45) is 0 Å². The van der Waals surface area contributed by atoms with E-state index in [1.165, 1.54) is 27.8 Å². The normalized spacial score (nSPS) is 8.53. The smallest absolute Gasteiger partial charge is 0.0172 e. The predicted octanol–water partition coefficient (Wildman–Crippen LogP) is 6.01. The second-order valence-corrected chi connectivity index (χ2v) is 3.92. The first-order chi connectivity index (χ1) is 7.95. The minimum absolute atomic E-state index is 1.16. The summed E-state index contributed by atoms with van der Waals surface area (Å²) in [5, 5.41) is 0. The average Bonchev–Trinajstić information content (AvgIpc) is 2.31. The van der Waals surface area contributed by atoms with E-state index in [2.05, 4.69) is 47.3 Å². The minimum atomic E-state index is 1.16. The summed E-state index contributed by atoms with van der Waals surface area (Å²) in [7, 11) is 0. The zero-order valence-corrected chi connectivity index (χ0v) is 13.3. The van der Waals surface area contributed by atoms with Crippen molar-refractivity contribution in [1.29, 1.82) is 0 Å². The molecule has 0 aromatic heterocycles. The van der Waals surface area contributed by atoms with E-state index in [9.17, 15) is 0 Å². The Kier molecular flexibility index (Phi) is 9.74. The summed E-state index contributed by atoms with van der Waals surface area (Å²) < 4.78 is 0. The molecule has 0 aliphatic heterocycles. The van der Waals surface area contributed by atoms with Crippen LogP contribution in [0.15, 0.2) is 12.6 Å². The van der Waals surface area contributed by atoms with Crippen molar-refractivity contribution in [3.05, 3.63) is 40.5 Å². The Hall–Kier alpha value is -1.04. The molecule has 0 heterocycles. The Morgan fingerprint density at radius 3 is 1.59 bits per heavy atom. The zero-order valence-electron chi connectivity index (χ0n) is 13.3. The van der Waals surface area contributed by atoms with Gasteiger partial charge in [0.05, 0.1) is 0 Å². The maximum absolute atomic E-state index is 4.02. The molecule has 0 aliphatic rings. The van der Waals surface area contributed by atoms with Crippen LogP contribution in [0.5, 0.6) is 0 Å². The van der Waals surface area contributed by atoms with Gasteiger partial charge in [-0.15, -0.1) is 0 Å². The predicted molar refractivity (Wildman–Crippen MR) is 82.8 cm³/mol. The highest BCUT2D eigenvalue weighted by molar-refractivity contribution is 5.69. The number of benzene rings is 1. The quantitative estimate of drug-likeness (QED) is 0.558. The number of aryl methyl sites for hydroxylation is 2. The van der Waals surface area contributed by atoms with Gasteiger partial charge in [-0.05, 0) is 62.4 Å². The summed E-state index contributed by atoms with van der Waals surface area (Å²) in [6.07, 6.45) is 0. The molecule has 1 rings (SSSR count). The summed E-state index contributed by atoms with van der Waals surface area (Å²) in [6.45, 7) is 22.8. The Balaban J connectivity index is 0. The Bertz CT molecular complexity index is 357. The zero-order chi connectivity index (χ0) is 14.2. The number of hydrogen-bond acceptors (Lipinski definition) is 0. The molecule has 0 fully saturated rings. The van der Waals surface area contributed by atoms with E-state index in [0.29, 0.717) is 0 Å². The third kappa shape index (κ3) is 4.77. The molecular weight excluding hydrogens is 204 g/mol. The van der Waals surface area contributed by atoms with Crippen LogP contribution in [0.4, 0.5) is 0 Å². The lowest BCUT2D eigenvalue weighted by Gasteiger charge is -2.14. The number of rotatable bonds is 1. The van der Waals surface area contributed by atoms with Crippen LogP contribution < -0.4 is 0 Å². The first-order valence-electron chi connectivity index (χ1n) is 6.68. The SMILES string of the molecule is C=C(C)c1c(C)cc(C)c(C)c1C.CC.CC. The van der Waals surface area contributed by atoms with Crippen molar-refractivity contribution in [3.8, 4) is 0 Å². The molecule has 98 valence electrons. The number of hydrogen-bond donors (Lipinski definition) is 0. The van der Waals surface area contributed by atoms with E-state index in [4.69, 9.17) is 0 Å². The third-order valence-electron chi connectivity index (χ3n) is 2.78. The van der Waals surface area contributed by atoms with Crippen molar-refractivity contribution >= 4 is 5.57 Å². The first kappa shape index (κ1) is 18.3. The van der Waals surface area contributed by atoms with Crippen LogP contribution >= 0.6 is 0 Å². The minimum Gasteiger partial charge on any atom is -0.0955 e. The van der Waals surface area contributed by atoms with Gasteiger partial charge in [0.25, 0.3) is 0 Å². The fraction of sp³-hybridized carbons (Fsp3) is 0.529. The van der Waals surface area contributed by atoms with Crippen LogP contribution in [-0.2, 0) is 0 Å². The summed E-state index contributed by atoms with van der Waals surface area (Å²) in [4.78, 5) is 0. The molecule has 0 heteroatoms. The monoisotopic (exact) mass is 234 g/mol. The van der Waals surface area contributed by atoms with Gasteiger partial charge in [0.1, 0.15) is 0 Å². The van der Waals surface area contributed by atoms with Gasteiger partial charge in [-0.25, -0.2) is 0 Å². The van der Waals surface area contributed by atoms with Crippen LogP contribution in [0.2, 0.25) is 0 Å². The van der Waals surface area contributed by atoms with Crippen molar-refractivity contribution in [2.75, 3.05) is 0 Å². The molecule has 0 saturated heterocycles. The lowest BCUT2D eigenvalue weighted by atomic mass is 9.91. The summed E-state index contributed by atoms with van der Waals surface area (Å²) >= 11 is 0. The standard InChI is InChI=1S/C13H18.2C2H6/c1-8(2)13-10(4)7-9(3)11(5)12(13)6;2*1-2/h7H,1H2,2-6H3;2*1-2H3. The molecule has 0 spiro atoms. The van der Waals surface area contributed by atoms with Crippen LogP contribution in [0.1, 0.15) is 62.4 Å². The first-order valence-corrected chi connectivity index (χ1v) is 6.68. The largest absolute Gasteiger partial charge is 0.0955 e. The molecule has 1 aromatic carbocycles. The molecule has 0 atom stereocenters. The highest BCUT2D eigenvalue weighted by atomic mass is 14.1. The molecule has 0 aliphatic carbocycles. The molecule has 0 bridgehead atoms. The maximum Gasteiger partial charge on any atom is -0.0172 e. The second-order valence-electron chi connectivity index (χ2n) is 3.92. The van der Waals surface area contributed by atoms with Crippen LogP contribution in [0.3, 0.4) is 0 Å². The van der Waals surface area contributed by atoms with Gasteiger partial charge in [0.2, 0.25) is 0 Å². The fourth-order valence-electron chi connectivity index (χ4n) is 1.94. The highest BCUT2D eigenvalue weighted by Crippen LogP contribution is 2.26. The molecule has 0 N–H and O–H groups in total. The summed E-state index contributed by atoms with van der Waals surface area (Å²) in [5.41, 5.74) is 7.99. The van der Waals surface area contributed by atoms with Gasteiger partial charge in [0.15, 0.2) is 0 Å². The van der Waals surface area contributed by atoms with Crippen LogP contribution in [-0.4, -0.2) is 0 Å². The van der Waals surface area contributed by atoms with E-state index in [-0.39, 0.29) is 0 Å². The van der Waals surface area contributed by atoms with Crippen molar-refractivity contribution < 1.29 is 0 Å². The molecule has 17 heavy (non-hydrogen) atoms. The third-order valence-corrected chi connectivity index (χ3v) is 2.78. The van der Waals surface area contributed by atoms with Crippen LogP contribution in [0.25, 0.3) is 5.57 Å². The van der Waals surface area contributed by atoms with E-state index < -0.39 is 0 Å². The van der Waals surface area contributed by atoms with Crippen molar-refractivity contribution in [1.82, 2.24) is 0 Å². The second kappa shape index (κ2) is 9.04. The van der Waals surface area contributed by atoms with Crippen molar-refractivity contribution in [2.45, 2.75) is 62.3 Å². The van der Waals surface area contributed by atoms with Gasteiger partial charge in [0, 0.05) is 0 Å². The fourth-order valence-corrected chi connectivity index (χ4v) is 1.94. The molecule has 0 unspecified atom stereocenters. The maximum atomic E-state index is 4.02. The molecular formula is C17H30. The van der Waals surface area contributed by atoms with E-state index in [0.717, 1.165) is 5.57 Å². The molecule has 0 radical (unpaired) electrons. The number of allylic oxidation sites excluding steroid dienone is 1. The molecule has 0 amide bonds. The average molecular weight is 234 g/mol. The molecule has 0 saturated carbocycles. The van der Waals surface area contributed by atoms with Gasteiger partial charge in [-0.3, -0.25) is 0 Å². The van der Waals surface area contributed by atoms with E-state index in [1.54, 1.807) is 0 Å². The molecule has 1 aromatic rings. The molecule has 0 nitrogen and oxygen atoms in total. The summed E-state index contributed by atoms with van der Waals surface area (Å²) in [6, 6.07) is 2.24. The van der Waals surface area contributed by atoms with Crippen LogP contribution in [0, 0.1) is 27.7 Å². The van der Waals surface area contributed by atoms with Gasteiger partial charge in [-0.2, -0.15) is 0 Å². The van der Waals surface area contributed by atoms with Gasteiger partial charge >= 0.3 is 0 Å². The van der Waals surface area contributed by atoms with Crippen molar-refractivity contribution in [3.63, 3.8) is 0 Å². The Morgan fingerprint density at radius 2 is 1.24 bits per heavy atom. The van der Waals surface area contributed by atoms with E-state index in [1.807, 2.05) is 27.7 Å². The lowest BCUT2D eigenvalue weighted by Crippen LogP contribution is -1.96.